The summed E-state index contributed by atoms with van der Waals surface area (Å²) < 4.78 is 39.6. The molecule has 0 spiro atoms. The van der Waals surface area contributed by atoms with Crippen molar-refractivity contribution in [2.45, 2.75) is 56.7 Å². The van der Waals surface area contributed by atoms with Crippen LogP contribution in [-0.2, 0) is 11.0 Å². The van der Waals surface area contributed by atoms with Crippen LogP contribution in [0, 0.1) is 0 Å². The summed E-state index contributed by atoms with van der Waals surface area (Å²) in [6.07, 6.45) is 4.81. The summed E-state index contributed by atoms with van der Waals surface area (Å²) in [5, 5.41) is 6.86. The van der Waals surface area contributed by atoms with Crippen molar-refractivity contribution in [2.75, 3.05) is 10.6 Å². The summed E-state index contributed by atoms with van der Waals surface area (Å²) in [6, 6.07) is 17.0. The second-order valence-corrected chi connectivity index (χ2v) is 11.1. The maximum absolute atomic E-state index is 13.2. The highest BCUT2D eigenvalue weighted by Crippen LogP contribution is 2.45. The Morgan fingerprint density at radius 2 is 1.86 bits per heavy atom. The summed E-state index contributed by atoms with van der Waals surface area (Å²) in [7, 11) is 0. The van der Waals surface area contributed by atoms with Gasteiger partial charge in [0.05, 0.1) is 28.7 Å². The number of aliphatic imine (C=N–C) groups is 1. The zero-order valence-corrected chi connectivity index (χ0v) is 23.5. The molecule has 7 nitrogen and oxygen atoms in total. The first-order chi connectivity index (χ1) is 20.7. The molecule has 6 rings (SSSR count). The average molecular weight is 585 g/mol. The van der Waals surface area contributed by atoms with E-state index in [2.05, 4.69) is 25.6 Å². The van der Waals surface area contributed by atoms with Gasteiger partial charge in [-0.1, -0.05) is 30.3 Å². The number of allylic oxidation sites excluding steroid dienone is 1. The molecule has 1 aromatic heterocycles. The third-order valence-electron chi connectivity index (χ3n) is 7.74. The van der Waals surface area contributed by atoms with Gasteiger partial charge < -0.3 is 16.4 Å². The van der Waals surface area contributed by atoms with Gasteiger partial charge in [0.15, 0.2) is 0 Å². The van der Waals surface area contributed by atoms with Crippen LogP contribution in [0.1, 0.15) is 61.1 Å². The lowest BCUT2D eigenvalue weighted by Crippen LogP contribution is -2.19. The van der Waals surface area contributed by atoms with Crippen LogP contribution >= 0.6 is 0 Å². The van der Waals surface area contributed by atoms with E-state index in [4.69, 9.17) is 5.73 Å². The van der Waals surface area contributed by atoms with Gasteiger partial charge >= 0.3 is 6.18 Å². The minimum absolute atomic E-state index is 0.301. The maximum Gasteiger partial charge on any atom is 0.416 e. The number of hydrogen-bond acceptors (Lipinski definition) is 6. The Hall–Kier alpha value is -4.73. The Bertz CT molecular complexity index is 1740. The summed E-state index contributed by atoms with van der Waals surface area (Å²) in [6.45, 7) is 1.60. The molecule has 1 unspecified atom stereocenters. The van der Waals surface area contributed by atoms with E-state index in [0.717, 1.165) is 59.8 Å². The van der Waals surface area contributed by atoms with E-state index in [1.165, 1.54) is 23.9 Å². The van der Waals surface area contributed by atoms with Crippen LogP contribution in [0.25, 0.3) is 22.0 Å². The Kier molecular flexibility index (Phi) is 7.60. The van der Waals surface area contributed by atoms with Crippen molar-refractivity contribution in [2.24, 2.45) is 10.7 Å². The van der Waals surface area contributed by atoms with Crippen LogP contribution in [0.15, 0.2) is 83.7 Å². The van der Waals surface area contributed by atoms with Gasteiger partial charge in [0.1, 0.15) is 0 Å². The molecule has 0 saturated heterocycles. The van der Waals surface area contributed by atoms with Gasteiger partial charge in [-0.3, -0.25) is 9.79 Å². The highest BCUT2D eigenvalue weighted by molar-refractivity contribution is 5.96. The molecule has 0 bridgehead atoms. The minimum atomic E-state index is -4.47. The van der Waals surface area contributed by atoms with Crippen LogP contribution in [0.4, 0.5) is 24.8 Å². The zero-order chi connectivity index (χ0) is 30.1. The van der Waals surface area contributed by atoms with Gasteiger partial charge in [-0.05, 0) is 91.1 Å². The number of anilines is 2. The number of benzene rings is 3. The molecular formula is C33H31F3N6O. The van der Waals surface area contributed by atoms with Crippen molar-refractivity contribution in [3.63, 3.8) is 0 Å². The van der Waals surface area contributed by atoms with Crippen LogP contribution in [0.2, 0.25) is 0 Å². The van der Waals surface area contributed by atoms with Crippen LogP contribution < -0.4 is 16.4 Å². The quantitative estimate of drug-likeness (QED) is 0.178. The van der Waals surface area contributed by atoms with Crippen molar-refractivity contribution in [1.29, 1.82) is 0 Å². The molecule has 0 radical (unpaired) electrons. The number of nitrogens with two attached hydrogens (primary N) is 1. The first-order valence-electron chi connectivity index (χ1n) is 14.3. The summed E-state index contributed by atoms with van der Waals surface area (Å²) in [4.78, 5) is 26.6. The Balaban J connectivity index is 1.23. The largest absolute Gasteiger partial charge is 0.416 e. The monoisotopic (exact) mass is 584 g/mol. The molecule has 220 valence electrons. The Morgan fingerprint density at radius 3 is 2.58 bits per heavy atom. The predicted molar refractivity (Wildman–Crippen MR) is 163 cm³/mol. The van der Waals surface area contributed by atoms with E-state index >= 15 is 0 Å². The molecule has 1 heterocycles. The fraction of sp³-hybridized carbons (Fsp3) is 0.273. The van der Waals surface area contributed by atoms with Crippen LogP contribution in [0.3, 0.4) is 0 Å². The van der Waals surface area contributed by atoms with Gasteiger partial charge in [0.25, 0.3) is 0 Å². The van der Waals surface area contributed by atoms with Crippen LogP contribution in [-0.4, -0.2) is 28.1 Å². The van der Waals surface area contributed by atoms with E-state index in [0.29, 0.717) is 34.9 Å². The van der Waals surface area contributed by atoms with Gasteiger partial charge in [0.2, 0.25) is 11.9 Å². The number of fused-ring (bicyclic) bond motifs is 1. The zero-order valence-electron chi connectivity index (χ0n) is 23.5. The molecule has 4 aromatic rings. The van der Waals surface area contributed by atoms with Gasteiger partial charge in [-0.2, -0.15) is 13.2 Å². The number of carbonyl (C=O) groups excluding carboxylic acids is 1. The highest BCUT2D eigenvalue weighted by Gasteiger charge is 2.31. The fourth-order valence-corrected chi connectivity index (χ4v) is 4.94. The number of rotatable bonds is 9. The molecule has 4 N–H and O–H groups in total. The van der Waals surface area contributed by atoms with Gasteiger partial charge in [-0.15, -0.1) is 0 Å². The average Bonchev–Trinajstić information content (AvgIpc) is 3.93. The molecule has 0 aliphatic heterocycles. The second kappa shape index (κ2) is 11.5. The second-order valence-electron chi connectivity index (χ2n) is 11.1. The first-order valence-corrected chi connectivity index (χ1v) is 14.3. The van der Waals surface area contributed by atoms with Crippen molar-refractivity contribution in [3.8, 4) is 11.1 Å². The highest BCUT2D eigenvalue weighted by atomic mass is 19.4. The topological polar surface area (TPSA) is 105 Å². The molecule has 2 aliphatic rings. The number of nitrogens with one attached hydrogen (secondary N) is 2. The lowest BCUT2D eigenvalue weighted by Gasteiger charge is -2.17. The van der Waals surface area contributed by atoms with Gasteiger partial charge in [0, 0.05) is 29.7 Å². The first kappa shape index (κ1) is 28.4. The third kappa shape index (κ3) is 6.69. The molecule has 2 aliphatic carbocycles. The van der Waals surface area contributed by atoms with Crippen molar-refractivity contribution in [1.82, 2.24) is 9.97 Å². The van der Waals surface area contributed by atoms with Crippen molar-refractivity contribution >= 4 is 34.7 Å². The van der Waals surface area contributed by atoms with Crippen LogP contribution in [0.5, 0.6) is 0 Å². The molecule has 1 amide bonds. The minimum Gasteiger partial charge on any atom is -0.403 e. The lowest BCUT2D eigenvalue weighted by molar-refractivity contribution is -0.137. The summed E-state index contributed by atoms with van der Waals surface area (Å²) >= 11 is 0. The maximum atomic E-state index is 13.2. The summed E-state index contributed by atoms with van der Waals surface area (Å²) in [5.74, 6) is -0.299. The SMILES string of the molecule is CC(C(=O)Nc1ccc(C2CC2)c(-c2ccc3nc(NC(C=NC4CC4)=CN)ncc3c2)c1)c1cccc(C(F)(F)F)c1. The number of aromatic nitrogens is 2. The predicted octanol–water partition coefficient (Wildman–Crippen LogP) is 7.38. The normalized spacial score (nSPS) is 16.4. The van der Waals surface area contributed by atoms with E-state index in [9.17, 15) is 18.0 Å². The molecule has 2 fully saturated rings. The molecular weight excluding hydrogens is 553 g/mol. The standard InChI is InChI=1S/C33H31F3N6O/c1-19(21-3-2-4-24(14-21)33(34,35)36)31(43)40-26-10-11-28(20-5-6-20)29(15-26)22-7-12-30-23(13-22)17-39-32(42-30)41-27(16-37)18-38-25-8-9-25/h2-4,7,10-20,25H,5-6,8-9,37H2,1H3,(H,40,43)(H,39,41,42). The molecule has 43 heavy (non-hydrogen) atoms. The molecule has 3 aromatic carbocycles. The summed E-state index contributed by atoms with van der Waals surface area (Å²) in [5.41, 5.74) is 10.4. The lowest BCUT2D eigenvalue weighted by atomic mass is 9.94. The van der Waals surface area contributed by atoms with Crippen molar-refractivity contribution in [3.05, 3.63) is 95.4 Å². The van der Waals surface area contributed by atoms with E-state index in [1.807, 2.05) is 36.4 Å². The Morgan fingerprint density at radius 1 is 1.05 bits per heavy atom. The van der Waals surface area contributed by atoms with Crippen molar-refractivity contribution < 1.29 is 18.0 Å². The fourth-order valence-electron chi connectivity index (χ4n) is 4.94. The number of carbonyl (C=O) groups is 1. The number of hydrogen-bond donors (Lipinski definition) is 3. The number of amides is 1. The smallest absolute Gasteiger partial charge is 0.403 e. The Labute approximate surface area is 247 Å². The van der Waals surface area contributed by atoms with E-state index < -0.39 is 17.7 Å². The van der Waals surface area contributed by atoms with Gasteiger partial charge in [-0.25, -0.2) is 9.97 Å². The third-order valence-corrected chi connectivity index (χ3v) is 7.74. The number of halogens is 3. The van der Waals surface area contributed by atoms with E-state index in [1.54, 1.807) is 19.3 Å². The van der Waals surface area contributed by atoms with E-state index in [-0.39, 0.29) is 5.91 Å². The molecule has 10 heteroatoms. The molecule has 2 saturated carbocycles. The molecule has 1 atom stereocenters. The number of alkyl halides is 3. The number of nitrogens with zero attached hydrogens (tertiary/aromatic N) is 3.